The number of benzene rings is 2. The second kappa shape index (κ2) is 11.8. The van der Waals surface area contributed by atoms with Crippen LogP contribution in [0.1, 0.15) is 18.1 Å². The fourth-order valence-corrected chi connectivity index (χ4v) is 3.06. The number of Topliss-reactive ketones (excluding diaryl/α,β-unsaturated/α-hetero) is 1. The second-order valence-corrected chi connectivity index (χ2v) is 7.01. The number of methoxy groups -OCH3 is 2. The summed E-state index contributed by atoms with van der Waals surface area (Å²) in [6, 6.07) is 11.9. The Morgan fingerprint density at radius 3 is 2.42 bits per heavy atom. The molecule has 0 aromatic heterocycles. The van der Waals surface area contributed by atoms with Crippen molar-refractivity contribution in [3.63, 3.8) is 0 Å². The van der Waals surface area contributed by atoms with Gasteiger partial charge in [-0.15, -0.1) is 0 Å². The van der Waals surface area contributed by atoms with Gasteiger partial charge in [-0.1, -0.05) is 41.9 Å². The van der Waals surface area contributed by atoms with Gasteiger partial charge in [-0.25, -0.2) is 4.79 Å². The third kappa shape index (κ3) is 7.46. The third-order valence-electron chi connectivity index (χ3n) is 4.32. The van der Waals surface area contributed by atoms with E-state index >= 15 is 0 Å². The minimum absolute atomic E-state index is 0.186. The molecule has 0 aliphatic carbocycles. The number of ether oxygens (including phenoxy) is 3. The summed E-state index contributed by atoms with van der Waals surface area (Å²) in [5, 5.41) is 2.91. The molecule has 164 valence electrons. The van der Waals surface area contributed by atoms with Crippen molar-refractivity contribution in [2.24, 2.45) is 0 Å². The van der Waals surface area contributed by atoms with Crippen molar-refractivity contribution in [3.05, 3.63) is 64.7 Å². The molecule has 31 heavy (non-hydrogen) atoms. The summed E-state index contributed by atoms with van der Waals surface area (Å²) in [5.74, 6) is -0.670. The molecule has 0 bridgehead atoms. The first-order chi connectivity index (χ1) is 14.8. The Morgan fingerprint density at radius 1 is 1.10 bits per heavy atom. The highest BCUT2D eigenvalue weighted by molar-refractivity contribution is 6.32. The largest absolute Gasteiger partial charge is 0.493 e. The highest BCUT2D eigenvalue weighted by Gasteiger charge is 2.18. The van der Waals surface area contributed by atoms with E-state index in [2.05, 4.69) is 5.32 Å². The quantitative estimate of drug-likeness (QED) is 0.446. The van der Waals surface area contributed by atoms with E-state index in [9.17, 15) is 14.4 Å². The molecule has 0 radical (unpaired) electrons. The SMILES string of the molecule is COc1cc(/C=C/C(=O)OCC(=O)NC(Cc2ccccc2)C(C)=O)cc(Cl)c1OC. The summed E-state index contributed by atoms with van der Waals surface area (Å²) < 4.78 is 15.3. The van der Waals surface area contributed by atoms with Crippen LogP contribution in [0.2, 0.25) is 5.02 Å². The molecule has 2 aromatic carbocycles. The summed E-state index contributed by atoms with van der Waals surface area (Å²) in [4.78, 5) is 35.9. The van der Waals surface area contributed by atoms with Gasteiger partial charge in [0.25, 0.3) is 5.91 Å². The molecule has 8 heteroatoms. The topological polar surface area (TPSA) is 90.9 Å². The Balaban J connectivity index is 1.90. The number of hydrogen-bond donors (Lipinski definition) is 1. The molecule has 7 nitrogen and oxygen atoms in total. The van der Waals surface area contributed by atoms with Crippen LogP contribution in [0.3, 0.4) is 0 Å². The maximum atomic E-state index is 12.1. The predicted molar refractivity (Wildman–Crippen MR) is 117 cm³/mol. The number of carbonyl (C=O) groups is 3. The molecule has 2 rings (SSSR count). The van der Waals surface area contributed by atoms with Gasteiger partial charge in [-0.3, -0.25) is 9.59 Å². The highest BCUT2D eigenvalue weighted by Crippen LogP contribution is 2.36. The minimum Gasteiger partial charge on any atom is -0.493 e. The summed E-state index contributed by atoms with van der Waals surface area (Å²) >= 11 is 6.13. The van der Waals surface area contributed by atoms with Crippen LogP contribution in [-0.4, -0.2) is 44.5 Å². The molecule has 1 unspecified atom stereocenters. The van der Waals surface area contributed by atoms with Gasteiger partial charge in [0.2, 0.25) is 0 Å². The zero-order valence-electron chi connectivity index (χ0n) is 17.5. The molecular formula is C23H24ClNO6. The number of halogens is 1. The lowest BCUT2D eigenvalue weighted by Gasteiger charge is -2.16. The lowest BCUT2D eigenvalue weighted by molar-refractivity contribution is -0.144. The molecule has 0 aliphatic heterocycles. The van der Waals surface area contributed by atoms with E-state index in [0.29, 0.717) is 28.5 Å². The van der Waals surface area contributed by atoms with Crippen molar-refractivity contribution in [2.45, 2.75) is 19.4 Å². The van der Waals surface area contributed by atoms with Crippen LogP contribution in [0.25, 0.3) is 6.08 Å². The first-order valence-electron chi connectivity index (χ1n) is 9.44. The van der Waals surface area contributed by atoms with Crippen molar-refractivity contribution in [1.82, 2.24) is 5.32 Å². The van der Waals surface area contributed by atoms with Gasteiger partial charge >= 0.3 is 5.97 Å². The molecular weight excluding hydrogens is 422 g/mol. The highest BCUT2D eigenvalue weighted by atomic mass is 35.5. The summed E-state index contributed by atoms with van der Waals surface area (Å²) in [7, 11) is 2.94. The Kier molecular flexibility index (Phi) is 9.09. The van der Waals surface area contributed by atoms with Crippen molar-refractivity contribution >= 4 is 35.3 Å². The fourth-order valence-electron chi connectivity index (χ4n) is 2.77. The lowest BCUT2D eigenvalue weighted by Crippen LogP contribution is -2.43. The van der Waals surface area contributed by atoms with Crippen molar-refractivity contribution in [3.8, 4) is 11.5 Å². The van der Waals surface area contributed by atoms with Crippen molar-refractivity contribution in [2.75, 3.05) is 20.8 Å². The van der Waals surface area contributed by atoms with Gasteiger partial charge in [0, 0.05) is 6.08 Å². The number of esters is 1. The van der Waals surface area contributed by atoms with E-state index in [1.54, 1.807) is 12.1 Å². The molecule has 0 aliphatic rings. The molecule has 2 aromatic rings. The average Bonchev–Trinajstić information content (AvgIpc) is 2.76. The second-order valence-electron chi connectivity index (χ2n) is 6.60. The van der Waals surface area contributed by atoms with Crippen molar-refractivity contribution in [1.29, 1.82) is 0 Å². The van der Waals surface area contributed by atoms with Crippen LogP contribution in [0.15, 0.2) is 48.5 Å². The van der Waals surface area contributed by atoms with E-state index in [1.165, 1.54) is 27.2 Å². The monoisotopic (exact) mass is 445 g/mol. The molecule has 1 atom stereocenters. The first kappa shape index (κ1) is 24.0. The van der Waals surface area contributed by atoms with Gasteiger partial charge < -0.3 is 19.5 Å². The number of hydrogen-bond acceptors (Lipinski definition) is 6. The van der Waals surface area contributed by atoms with Gasteiger partial charge in [0.1, 0.15) is 0 Å². The Bertz CT molecular complexity index is 958. The van der Waals surface area contributed by atoms with Gasteiger partial charge in [0.05, 0.1) is 25.3 Å². The van der Waals surface area contributed by atoms with Crippen LogP contribution in [-0.2, 0) is 25.5 Å². The number of carbonyl (C=O) groups excluding carboxylic acids is 3. The molecule has 0 saturated heterocycles. The van der Waals surface area contributed by atoms with E-state index in [0.717, 1.165) is 11.6 Å². The maximum Gasteiger partial charge on any atom is 0.331 e. The van der Waals surface area contributed by atoms with Crippen LogP contribution in [0.4, 0.5) is 0 Å². The normalized spacial score (nSPS) is 11.6. The molecule has 0 spiro atoms. The maximum absolute atomic E-state index is 12.1. The van der Waals surface area contributed by atoms with Gasteiger partial charge in [-0.2, -0.15) is 0 Å². The van der Waals surface area contributed by atoms with Crippen LogP contribution in [0.5, 0.6) is 11.5 Å². The smallest absolute Gasteiger partial charge is 0.331 e. The van der Waals surface area contributed by atoms with E-state index < -0.39 is 24.5 Å². The number of nitrogens with one attached hydrogen (secondary N) is 1. The Morgan fingerprint density at radius 2 is 1.81 bits per heavy atom. The Hall–Kier alpha value is -3.32. The zero-order valence-corrected chi connectivity index (χ0v) is 18.3. The molecule has 0 heterocycles. The van der Waals surface area contributed by atoms with Crippen LogP contribution in [0, 0.1) is 0 Å². The van der Waals surface area contributed by atoms with Gasteiger partial charge in [0.15, 0.2) is 23.9 Å². The number of rotatable bonds is 10. The summed E-state index contributed by atoms with van der Waals surface area (Å²) in [5.41, 5.74) is 1.50. The summed E-state index contributed by atoms with van der Waals surface area (Å²) in [6.45, 7) is 0.894. The molecule has 1 amide bonds. The van der Waals surface area contributed by atoms with Crippen LogP contribution < -0.4 is 14.8 Å². The van der Waals surface area contributed by atoms with E-state index in [4.69, 9.17) is 25.8 Å². The third-order valence-corrected chi connectivity index (χ3v) is 4.60. The predicted octanol–water partition coefficient (Wildman–Crippen LogP) is 3.23. The van der Waals surface area contributed by atoms with Crippen molar-refractivity contribution < 1.29 is 28.6 Å². The fraction of sp³-hybridized carbons (Fsp3) is 0.261. The average molecular weight is 446 g/mol. The minimum atomic E-state index is -0.719. The standard InChI is InChI=1S/C23H24ClNO6/c1-15(26)19(12-16-7-5-4-6-8-16)25-21(27)14-31-22(28)10-9-17-11-18(24)23(30-3)20(13-17)29-2/h4-11,13,19H,12,14H2,1-3H3,(H,25,27)/b10-9+. The molecule has 1 N–H and O–H groups in total. The van der Waals surface area contributed by atoms with E-state index in [-0.39, 0.29) is 5.78 Å². The lowest BCUT2D eigenvalue weighted by atomic mass is 10.0. The zero-order chi connectivity index (χ0) is 22.8. The first-order valence-corrected chi connectivity index (χ1v) is 9.82. The van der Waals surface area contributed by atoms with Crippen LogP contribution >= 0.6 is 11.6 Å². The van der Waals surface area contributed by atoms with E-state index in [1.807, 2.05) is 30.3 Å². The van der Waals surface area contributed by atoms with Gasteiger partial charge in [-0.05, 0) is 42.7 Å². The number of ketones is 1. The number of amides is 1. The molecule has 0 fully saturated rings. The molecule has 0 saturated carbocycles. The summed E-state index contributed by atoms with van der Waals surface area (Å²) in [6.07, 6.45) is 3.00. The Labute approximate surface area is 185 Å².